The van der Waals surface area contributed by atoms with E-state index >= 15 is 0 Å². The highest BCUT2D eigenvalue weighted by molar-refractivity contribution is 6.32. The van der Waals surface area contributed by atoms with Crippen LogP contribution < -0.4 is 16.0 Å². The molecule has 0 aliphatic heterocycles. The standard InChI is InChI=1S/C21H17ClN4O4/c22-17-11-10-15(12-19(17)26(29)30)23-13-20(27)25-18-9-5-4-8-16(18)21(28)24-14-6-2-1-3-7-14/h1-12,23H,13H2,(H,24,28)(H,25,27). The number of carbonyl (C=O) groups excluding carboxylic acids is 2. The van der Waals surface area contributed by atoms with Crippen LogP contribution in [0.5, 0.6) is 0 Å². The Hall–Kier alpha value is -3.91. The first-order valence-corrected chi connectivity index (χ1v) is 9.25. The van der Waals surface area contributed by atoms with E-state index in [1.807, 2.05) is 6.07 Å². The Balaban J connectivity index is 1.65. The number of nitrogens with zero attached hydrogens (tertiary/aromatic N) is 1. The minimum atomic E-state index is -0.602. The molecule has 8 nitrogen and oxygen atoms in total. The summed E-state index contributed by atoms with van der Waals surface area (Å²) in [6.45, 7) is -0.159. The average molecular weight is 425 g/mol. The Labute approximate surface area is 177 Å². The van der Waals surface area contributed by atoms with Gasteiger partial charge in [0.15, 0.2) is 0 Å². The number of anilines is 3. The molecule has 0 aliphatic carbocycles. The van der Waals surface area contributed by atoms with Gasteiger partial charge in [-0.2, -0.15) is 0 Å². The Bertz CT molecular complexity index is 1090. The molecule has 0 spiro atoms. The van der Waals surface area contributed by atoms with Crippen LogP contribution in [0.25, 0.3) is 0 Å². The lowest BCUT2D eigenvalue weighted by atomic mass is 10.1. The summed E-state index contributed by atoms with van der Waals surface area (Å²) in [5, 5.41) is 19.2. The molecular weight excluding hydrogens is 408 g/mol. The van der Waals surface area contributed by atoms with E-state index in [0.29, 0.717) is 22.6 Å². The van der Waals surface area contributed by atoms with E-state index in [4.69, 9.17) is 11.6 Å². The van der Waals surface area contributed by atoms with Gasteiger partial charge in [-0.25, -0.2) is 0 Å². The van der Waals surface area contributed by atoms with Crippen molar-refractivity contribution in [3.63, 3.8) is 0 Å². The summed E-state index contributed by atoms with van der Waals surface area (Å²) >= 11 is 5.78. The molecule has 9 heteroatoms. The summed E-state index contributed by atoms with van der Waals surface area (Å²) in [5.41, 5.74) is 1.40. The molecule has 2 amide bonds. The first-order valence-electron chi connectivity index (χ1n) is 8.87. The first-order chi connectivity index (χ1) is 14.4. The molecule has 0 saturated heterocycles. The third kappa shape index (κ3) is 5.33. The summed E-state index contributed by atoms with van der Waals surface area (Å²) in [7, 11) is 0. The lowest BCUT2D eigenvalue weighted by molar-refractivity contribution is -0.384. The maximum atomic E-state index is 12.6. The second-order valence-electron chi connectivity index (χ2n) is 6.19. The SMILES string of the molecule is O=C(CNc1ccc(Cl)c([N+](=O)[O-])c1)Nc1ccccc1C(=O)Nc1ccccc1. The number of benzene rings is 3. The van der Waals surface area contributed by atoms with Gasteiger partial charge in [-0.15, -0.1) is 0 Å². The normalized spacial score (nSPS) is 10.2. The second-order valence-corrected chi connectivity index (χ2v) is 6.60. The van der Waals surface area contributed by atoms with Gasteiger partial charge in [-0.1, -0.05) is 41.9 Å². The Morgan fingerprint density at radius 1 is 0.900 bits per heavy atom. The van der Waals surface area contributed by atoms with Gasteiger partial charge in [0.25, 0.3) is 11.6 Å². The zero-order valence-corrected chi connectivity index (χ0v) is 16.3. The smallest absolute Gasteiger partial charge is 0.289 e. The van der Waals surface area contributed by atoms with Crippen LogP contribution in [0.2, 0.25) is 5.02 Å². The van der Waals surface area contributed by atoms with Gasteiger partial charge in [-0.05, 0) is 36.4 Å². The Morgan fingerprint density at radius 2 is 1.60 bits per heavy atom. The van der Waals surface area contributed by atoms with Crippen molar-refractivity contribution in [3.05, 3.63) is 93.5 Å². The number of carbonyl (C=O) groups is 2. The highest BCUT2D eigenvalue weighted by Crippen LogP contribution is 2.27. The predicted octanol–water partition coefficient (Wildman–Crippen LogP) is 4.55. The number of amides is 2. The summed E-state index contributed by atoms with van der Waals surface area (Å²) in [5.74, 6) is -0.786. The van der Waals surface area contributed by atoms with Crippen LogP contribution in [0.15, 0.2) is 72.8 Å². The fraction of sp³-hybridized carbons (Fsp3) is 0.0476. The molecule has 0 saturated carbocycles. The van der Waals surface area contributed by atoms with Crippen molar-refractivity contribution >= 4 is 46.2 Å². The molecule has 0 unspecified atom stereocenters. The van der Waals surface area contributed by atoms with Crippen molar-refractivity contribution in [3.8, 4) is 0 Å². The molecule has 0 radical (unpaired) electrons. The minimum Gasteiger partial charge on any atom is -0.376 e. The van der Waals surface area contributed by atoms with Crippen LogP contribution in [0, 0.1) is 10.1 Å². The second kappa shape index (κ2) is 9.53. The summed E-state index contributed by atoms with van der Waals surface area (Å²) in [4.78, 5) is 35.3. The van der Waals surface area contributed by atoms with Crippen molar-refractivity contribution in [2.75, 3.05) is 22.5 Å². The van der Waals surface area contributed by atoms with E-state index in [2.05, 4.69) is 16.0 Å². The highest BCUT2D eigenvalue weighted by Gasteiger charge is 2.15. The maximum absolute atomic E-state index is 12.6. The van der Waals surface area contributed by atoms with E-state index in [9.17, 15) is 19.7 Å². The fourth-order valence-corrected chi connectivity index (χ4v) is 2.84. The number of hydrogen-bond donors (Lipinski definition) is 3. The quantitative estimate of drug-likeness (QED) is 0.380. The number of para-hydroxylation sites is 2. The zero-order valence-electron chi connectivity index (χ0n) is 15.6. The third-order valence-corrected chi connectivity index (χ3v) is 4.39. The minimum absolute atomic E-state index is 0.00774. The monoisotopic (exact) mass is 424 g/mol. The first kappa shape index (κ1) is 20.8. The Kier molecular flexibility index (Phi) is 6.61. The molecule has 152 valence electrons. The lowest BCUT2D eigenvalue weighted by Gasteiger charge is -2.12. The number of nitro benzene ring substituents is 1. The van der Waals surface area contributed by atoms with Crippen molar-refractivity contribution in [2.45, 2.75) is 0 Å². The van der Waals surface area contributed by atoms with Gasteiger partial charge in [0.2, 0.25) is 5.91 Å². The highest BCUT2D eigenvalue weighted by atomic mass is 35.5. The number of rotatable bonds is 7. The number of nitrogens with one attached hydrogen (secondary N) is 3. The van der Waals surface area contributed by atoms with Gasteiger partial charge >= 0.3 is 0 Å². The molecule has 3 aromatic carbocycles. The van der Waals surface area contributed by atoms with Crippen LogP contribution in [-0.2, 0) is 4.79 Å². The van der Waals surface area contributed by atoms with Crippen molar-refractivity contribution in [1.82, 2.24) is 0 Å². The van der Waals surface area contributed by atoms with Crippen LogP contribution in [0.3, 0.4) is 0 Å². The van der Waals surface area contributed by atoms with Crippen LogP contribution in [0.4, 0.5) is 22.7 Å². The molecular formula is C21H17ClN4O4. The van der Waals surface area contributed by atoms with Crippen molar-refractivity contribution in [2.24, 2.45) is 0 Å². The summed E-state index contributed by atoms with van der Waals surface area (Å²) in [6, 6.07) is 19.7. The number of hydrogen-bond acceptors (Lipinski definition) is 5. The number of halogens is 1. The zero-order chi connectivity index (χ0) is 21.5. The van der Waals surface area contributed by atoms with E-state index in [1.165, 1.54) is 18.2 Å². The van der Waals surface area contributed by atoms with E-state index in [1.54, 1.807) is 48.5 Å². The Morgan fingerprint density at radius 3 is 2.33 bits per heavy atom. The van der Waals surface area contributed by atoms with Gasteiger partial charge in [0, 0.05) is 17.4 Å². The fourth-order valence-electron chi connectivity index (χ4n) is 2.65. The van der Waals surface area contributed by atoms with Gasteiger partial charge in [0.1, 0.15) is 5.02 Å². The molecule has 0 atom stereocenters. The predicted molar refractivity (Wildman–Crippen MR) is 116 cm³/mol. The maximum Gasteiger partial charge on any atom is 0.289 e. The van der Waals surface area contributed by atoms with E-state index < -0.39 is 10.8 Å². The van der Waals surface area contributed by atoms with Crippen LogP contribution >= 0.6 is 11.6 Å². The topological polar surface area (TPSA) is 113 Å². The van der Waals surface area contributed by atoms with E-state index in [0.717, 1.165) is 0 Å². The number of nitro groups is 1. The molecule has 0 aliphatic rings. The molecule has 0 aromatic heterocycles. The molecule has 3 aromatic rings. The van der Waals surface area contributed by atoms with Crippen molar-refractivity contribution in [1.29, 1.82) is 0 Å². The molecule has 30 heavy (non-hydrogen) atoms. The third-order valence-electron chi connectivity index (χ3n) is 4.07. The molecule has 0 fully saturated rings. The van der Waals surface area contributed by atoms with Crippen LogP contribution in [-0.4, -0.2) is 23.3 Å². The summed E-state index contributed by atoms with van der Waals surface area (Å²) < 4.78 is 0. The van der Waals surface area contributed by atoms with Crippen LogP contribution in [0.1, 0.15) is 10.4 Å². The van der Waals surface area contributed by atoms with Gasteiger partial charge < -0.3 is 16.0 Å². The van der Waals surface area contributed by atoms with E-state index in [-0.39, 0.29) is 23.2 Å². The average Bonchev–Trinajstić information content (AvgIpc) is 2.74. The molecule has 0 bridgehead atoms. The molecule has 0 heterocycles. The largest absolute Gasteiger partial charge is 0.376 e. The lowest BCUT2D eigenvalue weighted by Crippen LogP contribution is -2.24. The van der Waals surface area contributed by atoms with Crippen molar-refractivity contribution < 1.29 is 14.5 Å². The summed E-state index contributed by atoms with van der Waals surface area (Å²) in [6.07, 6.45) is 0. The molecule has 3 rings (SSSR count). The molecule has 3 N–H and O–H groups in total. The van der Waals surface area contributed by atoms with Gasteiger partial charge in [0.05, 0.1) is 22.7 Å². The van der Waals surface area contributed by atoms with Gasteiger partial charge in [-0.3, -0.25) is 19.7 Å².